The van der Waals surface area contributed by atoms with Crippen molar-refractivity contribution in [2.24, 2.45) is 16.4 Å². The molecule has 1 atom stereocenters. The third kappa shape index (κ3) is 4.56. The lowest BCUT2D eigenvalue weighted by Gasteiger charge is -2.37. The fourth-order valence-corrected chi connectivity index (χ4v) is 3.80. The molecule has 0 saturated heterocycles. The zero-order valence-electron chi connectivity index (χ0n) is 15.5. The van der Waals surface area contributed by atoms with Crippen molar-refractivity contribution in [2.75, 3.05) is 5.43 Å². The average Bonchev–Trinajstić information content (AvgIpc) is 2.59. The topological polar surface area (TPSA) is 111 Å². The molecule has 0 unspecified atom stereocenters. The van der Waals surface area contributed by atoms with Gasteiger partial charge >= 0.3 is 5.69 Å². The van der Waals surface area contributed by atoms with Gasteiger partial charge in [-0.3, -0.25) is 25.7 Å². The molecule has 1 aliphatic carbocycles. The Morgan fingerprint density at radius 3 is 2.58 bits per heavy atom. The molecule has 8 nitrogen and oxygen atoms in total. The van der Waals surface area contributed by atoms with Crippen molar-refractivity contribution in [3.05, 3.63) is 38.4 Å². The average molecular weight is 362 g/mol. The monoisotopic (exact) mass is 362 g/mol. The highest BCUT2D eigenvalue weighted by Gasteiger charge is 2.34. The molecule has 1 aromatic carbocycles. The van der Waals surface area contributed by atoms with E-state index in [-0.39, 0.29) is 22.5 Å². The van der Waals surface area contributed by atoms with Crippen LogP contribution in [0.25, 0.3) is 0 Å². The summed E-state index contributed by atoms with van der Waals surface area (Å²) in [6.45, 7) is 6.66. The molecule has 0 heterocycles. The third-order valence-corrected chi connectivity index (χ3v) is 5.12. The van der Waals surface area contributed by atoms with Gasteiger partial charge in [-0.15, -0.1) is 0 Å². The number of hydrogen-bond donors (Lipinski definition) is 1. The molecular formula is C18H26N4O4. The number of hydrazone groups is 1. The number of rotatable bonds is 7. The normalized spacial score (nSPS) is 19.3. The Hall–Kier alpha value is -2.51. The fraction of sp³-hybridized carbons (Fsp3) is 0.611. The number of non-ortho nitro benzene ring substituents is 1. The first kappa shape index (κ1) is 19.8. The molecule has 0 radical (unpaired) electrons. The van der Waals surface area contributed by atoms with E-state index >= 15 is 0 Å². The molecule has 2 rings (SSSR count). The first-order chi connectivity index (χ1) is 12.3. The maximum atomic E-state index is 11.3. The van der Waals surface area contributed by atoms with Crippen LogP contribution in [0.2, 0.25) is 0 Å². The summed E-state index contributed by atoms with van der Waals surface area (Å²) in [7, 11) is 0. The molecular weight excluding hydrogens is 336 g/mol. The van der Waals surface area contributed by atoms with Crippen molar-refractivity contribution in [1.29, 1.82) is 0 Å². The molecule has 1 aromatic rings. The number of nitro groups is 2. The SMILES string of the molecule is CCCC(C)(C)[C@@H]1CCCC/C1=N/Nc1ccc([N+](=O)[O-])cc1[N+](=O)[O-]. The first-order valence-corrected chi connectivity index (χ1v) is 9.01. The zero-order valence-corrected chi connectivity index (χ0v) is 15.5. The van der Waals surface area contributed by atoms with Gasteiger partial charge in [0.2, 0.25) is 0 Å². The quantitative estimate of drug-likeness (QED) is 0.523. The number of nitrogens with zero attached hydrogens (tertiary/aromatic N) is 3. The van der Waals surface area contributed by atoms with Crippen LogP contribution in [0.3, 0.4) is 0 Å². The first-order valence-electron chi connectivity index (χ1n) is 9.01. The van der Waals surface area contributed by atoms with E-state index in [0.717, 1.165) is 50.3 Å². The summed E-state index contributed by atoms with van der Waals surface area (Å²) in [5, 5.41) is 26.6. The van der Waals surface area contributed by atoms with Crippen LogP contribution in [0.15, 0.2) is 23.3 Å². The maximum absolute atomic E-state index is 11.3. The van der Waals surface area contributed by atoms with E-state index in [2.05, 4.69) is 31.3 Å². The Morgan fingerprint density at radius 1 is 1.23 bits per heavy atom. The summed E-state index contributed by atoms with van der Waals surface area (Å²) in [5.74, 6) is 0.334. The predicted molar refractivity (Wildman–Crippen MR) is 101 cm³/mol. The number of hydrogen-bond acceptors (Lipinski definition) is 6. The van der Waals surface area contributed by atoms with Crippen LogP contribution in [0.1, 0.15) is 59.3 Å². The van der Waals surface area contributed by atoms with E-state index in [1.54, 1.807) is 0 Å². The lowest BCUT2D eigenvalue weighted by Crippen LogP contribution is -2.34. The standard InChI is InChI=1S/C18H26N4O4/c1-4-11-18(2,3)14-7-5-6-8-15(14)19-20-16-10-9-13(21(23)24)12-17(16)22(25)26/h9-10,12,14,20H,4-8,11H2,1-3H3/b19-15-/t14-/m1/s1. The minimum Gasteiger partial charge on any atom is -0.272 e. The second-order valence-corrected chi connectivity index (χ2v) is 7.47. The molecule has 0 bridgehead atoms. The van der Waals surface area contributed by atoms with Gasteiger partial charge in [-0.25, -0.2) is 0 Å². The summed E-state index contributed by atoms with van der Waals surface area (Å²) in [4.78, 5) is 20.8. The highest BCUT2D eigenvalue weighted by Crippen LogP contribution is 2.40. The van der Waals surface area contributed by atoms with Crippen LogP contribution in [0.5, 0.6) is 0 Å². The van der Waals surface area contributed by atoms with E-state index in [1.807, 2.05) is 0 Å². The van der Waals surface area contributed by atoms with Gasteiger partial charge in [-0.1, -0.05) is 33.6 Å². The number of anilines is 1. The van der Waals surface area contributed by atoms with Crippen molar-refractivity contribution in [1.82, 2.24) is 0 Å². The van der Waals surface area contributed by atoms with E-state index < -0.39 is 9.85 Å². The molecule has 1 N–H and O–H groups in total. The van der Waals surface area contributed by atoms with Crippen LogP contribution >= 0.6 is 0 Å². The smallest absolute Gasteiger partial charge is 0.272 e. The molecule has 142 valence electrons. The van der Waals surface area contributed by atoms with Crippen LogP contribution in [0, 0.1) is 31.6 Å². The van der Waals surface area contributed by atoms with Gasteiger partial charge in [-0.05, 0) is 37.2 Å². The number of nitrogens with one attached hydrogen (secondary N) is 1. The molecule has 0 aromatic heterocycles. The summed E-state index contributed by atoms with van der Waals surface area (Å²) >= 11 is 0. The number of nitro benzene ring substituents is 2. The second kappa shape index (κ2) is 8.25. The lowest BCUT2D eigenvalue weighted by molar-refractivity contribution is -0.393. The Labute approximate surface area is 153 Å². The summed E-state index contributed by atoms with van der Waals surface area (Å²) in [5.41, 5.74) is 3.47. The maximum Gasteiger partial charge on any atom is 0.301 e. The van der Waals surface area contributed by atoms with Crippen LogP contribution < -0.4 is 5.43 Å². The Kier molecular flexibility index (Phi) is 6.28. The Balaban J connectivity index is 2.29. The van der Waals surface area contributed by atoms with Crippen LogP contribution in [-0.2, 0) is 0 Å². The largest absolute Gasteiger partial charge is 0.301 e. The van der Waals surface area contributed by atoms with Gasteiger partial charge in [-0.2, -0.15) is 5.10 Å². The third-order valence-electron chi connectivity index (χ3n) is 5.12. The van der Waals surface area contributed by atoms with E-state index in [4.69, 9.17) is 0 Å². The van der Waals surface area contributed by atoms with Gasteiger partial charge in [0.05, 0.1) is 15.9 Å². The predicted octanol–water partition coefficient (Wildman–Crippen LogP) is 5.29. The molecule has 0 spiro atoms. The van der Waals surface area contributed by atoms with Crippen molar-refractivity contribution >= 4 is 22.8 Å². The van der Waals surface area contributed by atoms with Crippen LogP contribution in [0.4, 0.5) is 17.1 Å². The molecule has 8 heteroatoms. The molecule has 1 saturated carbocycles. The Morgan fingerprint density at radius 2 is 1.96 bits per heavy atom. The van der Waals surface area contributed by atoms with E-state index in [9.17, 15) is 20.2 Å². The van der Waals surface area contributed by atoms with Crippen LogP contribution in [-0.4, -0.2) is 15.6 Å². The van der Waals surface area contributed by atoms with Gasteiger partial charge < -0.3 is 0 Å². The number of benzene rings is 1. The highest BCUT2D eigenvalue weighted by atomic mass is 16.6. The van der Waals surface area contributed by atoms with E-state index in [0.29, 0.717) is 5.92 Å². The van der Waals surface area contributed by atoms with E-state index in [1.165, 1.54) is 12.1 Å². The summed E-state index contributed by atoms with van der Waals surface area (Å²) < 4.78 is 0. The molecule has 1 aliphatic rings. The molecule has 26 heavy (non-hydrogen) atoms. The van der Waals surface area contributed by atoms with Crippen molar-refractivity contribution in [3.63, 3.8) is 0 Å². The lowest BCUT2D eigenvalue weighted by atomic mass is 9.68. The molecule has 0 aliphatic heterocycles. The zero-order chi connectivity index (χ0) is 19.3. The van der Waals surface area contributed by atoms with Crippen molar-refractivity contribution < 1.29 is 9.85 Å². The summed E-state index contributed by atoms with van der Waals surface area (Å²) in [6.07, 6.45) is 6.34. The minimum atomic E-state index is -0.646. The summed E-state index contributed by atoms with van der Waals surface area (Å²) in [6, 6.07) is 3.55. The molecule has 1 fully saturated rings. The van der Waals surface area contributed by atoms with Crippen molar-refractivity contribution in [3.8, 4) is 0 Å². The van der Waals surface area contributed by atoms with Gasteiger partial charge in [0.15, 0.2) is 0 Å². The molecule has 0 amide bonds. The highest BCUT2D eigenvalue weighted by molar-refractivity contribution is 5.89. The van der Waals surface area contributed by atoms with Gasteiger partial charge in [0, 0.05) is 17.7 Å². The van der Waals surface area contributed by atoms with Crippen molar-refractivity contribution in [2.45, 2.75) is 59.3 Å². The minimum absolute atomic E-state index is 0.122. The van der Waals surface area contributed by atoms with Gasteiger partial charge in [0.25, 0.3) is 5.69 Å². The fourth-order valence-electron chi connectivity index (χ4n) is 3.80. The Bertz CT molecular complexity index is 715. The van der Waals surface area contributed by atoms with Gasteiger partial charge in [0.1, 0.15) is 5.69 Å². The second-order valence-electron chi connectivity index (χ2n) is 7.47.